The van der Waals surface area contributed by atoms with Crippen LogP contribution in [0.2, 0.25) is 0 Å². The molecule has 1 aromatic carbocycles. The molecule has 1 aliphatic heterocycles. The molecule has 0 atom stereocenters. The second-order valence-electron chi connectivity index (χ2n) is 4.46. The van der Waals surface area contributed by atoms with Gasteiger partial charge in [0, 0.05) is 44.0 Å². The second kappa shape index (κ2) is 6.13. The van der Waals surface area contributed by atoms with Gasteiger partial charge in [0.2, 0.25) is 0 Å². The Bertz CT molecular complexity index is 399. The molecular weight excluding hydrogens is 246 g/mol. The molecule has 0 aromatic heterocycles. The summed E-state index contributed by atoms with van der Waals surface area (Å²) in [6.07, 6.45) is 0. The van der Waals surface area contributed by atoms with E-state index in [9.17, 15) is 0 Å². The van der Waals surface area contributed by atoms with Gasteiger partial charge in [-0.15, -0.1) is 0 Å². The minimum absolute atomic E-state index is 0.239. The van der Waals surface area contributed by atoms with Crippen LogP contribution in [-0.4, -0.2) is 54.3 Å². The maximum absolute atomic E-state index is 8.90. The van der Waals surface area contributed by atoms with E-state index in [-0.39, 0.29) is 6.61 Å². The number of aliphatic hydroxyl groups is 1. The fraction of sp³-hybridized carbons (Fsp3) is 0.462. The van der Waals surface area contributed by atoms with E-state index >= 15 is 0 Å². The number of β-amino-alcohol motifs (C(OH)–C–C–N with tert-alkyl or cyclic N) is 1. The van der Waals surface area contributed by atoms with Crippen LogP contribution in [0.4, 0.5) is 5.69 Å². The Balaban J connectivity index is 1.95. The maximum Gasteiger partial charge on any atom is 0.103 e. The van der Waals surface area contributed by atoms with Crippen molar-refractivity contribution in [2.24, 2.45) is 5.73 Å². The highest BCUT2D eigenvalue weighted by Crippen LogP contribution is 2.17. The van der Waals surface area contributed by atoms with E-state index in [1.165, 1.54) is 5.69 Å². The summed E-state index contributed by atoms with van der Waals surface area (Å²) < 4.78 is 0. The smallest absolute Gasteiger partial charge is 0.103 e. The Morgan fingerprint density at radius 2 is 1.78 bits per heavy atom. The summed E-state index contributed by atoms with van der Waals surface area (Å²) in [5, 5.41) is 8.90. The molecule has 1 saturated heterocycles. The summed E-state index contributed by atoms with van der Waals surface area (Å²) in [6, 6.07) is 8.07. The molecule has 1 fully saturated rings. The van der Waals surface area contributed by atoms with Gasteiger partial charge < -0.3 is 15.7 Å². The molecule has 4 nitrogen and oxygen atoms in total. The third kappa shape index (κ3) is 3.19. The molecule has 0 unspecified atom stereocenters. The van der Waals surface area contributed by atoms with E-state index < -0.39 is 0 Å². The average Bonchev–Trinajstić information content (AvgIpc) is 2.40. The number of aliphatic hydroxyl groups excluding tert-OH is 1. The molecule has 0 spiro atoms. The van der Waals surface area contributed by atoms with Crippen molar-refractivity contribution < 1.29 is 5.11 Å². The first-order valence-corrected chi connectivity index (χ1v) is 6.59. The average molecular weight is 265 g/mol. The van der Waals surface area contributed by atoms with Crippen molar-refractivity contribution in [3.05, 3.63) is 29.8 Å². The number of benzene rings is 1. The van der Waals surface area contributed by atoms with Crippen molar-refractivity contribution in [3.8, 4) is 0 Å². The zero-order valence-corrected chi connectivity index (χ0v) is 11.2. The van der Waals surface area contributed by atoms with Gasteiger partial charge in [0.05, 0.1) is 6.61 Å². The lowest BCUT2D eigenvalue weighted by Crippen LogP contribution is -2.47. The minimum atomic E-state index is 0.239. The van der Waals surface area contributed by atoms with E-state index in [0.717, 1.165) is 38.3 Å². The van der Waals surface area contributed by atoms with Crippen molar-refractivity contribution in [3.63, 3.8) is 0 Å². The van der Waals surface area contributed by atoms with E-state index in [1.807, 2.05) is 12.1 Å². The Morgan fingerprint density at radius 1 is 1.17 bits per heavy atom. The molecule has 0 saturated carbocycles. The Morgan fingerprint density at radius 3 is 2.28 bits per heavy atom. The normalized spacial score (nSPS) is 16.8. The van der Waals surface area contributed by atoms with Crippen molar-refractivity contribution in [1.29, 1.82) is 0 Å². The highest BCUT2D eigenvalue weighted by atomic mass is 32.1. The number of nitrogens with zero attached hydrogens (tertiary/aromatic N) is 2. The first-order valence-electron chi connectivity index (χ1n) is 6.19. The topological polar surface area (TPSA) is 52.7 Å². The number of piperazine rings is 1. The van der Waals surface area contributed by atoms with Crippen LogP contribution in [0.15, 0.2) is 24.3 Å². The first kappa shape index (κ1) is 13.3. The van der Waals surface area contributed by atoms with Gasteiger partial charge in [0.15, 0.2) is 0 Å². The summed E-state index contributed by atoms with van der Waals surface area (Å²) >= 11 is 4.94. The largest absolute Gasteiger partial charge is 0.395 e. The Labute approximate surface area is 113 Å². The molecule has 0 aliphatic carbocycles. The van der Waals surface area contributed by atoms with Gasteiger partial charge >= 0.3 is 0 Å². The first-order chi connectivity index (χ1) is 8.70. The van der Waals surface area contributed by atoms with E-state index in [0.29, 0.717) is 4.99 Å². The number of anilines is 1. The molecule has 2 rings (SSSR count). The van der Waals surface area contributed by atoms with Crippen LogP contribution >= 0.6 is 12.2 Å². The van der Waals surface area contributed by atoms with Crippen LogP contribution < -0.4 is 10.6 Å². The van der Waals surface area contributed by atoms with Crippen molar-refractivity contribution in [2.45, 2.75) is 0 Å². The Kier molecular flexibility index (Phi) is 4.52. The predicted molar refractivity (Wildman–Crippen MR) is 78.1 cm³/mol. The van der Waals surface area contributed by atoms with Gasteiger partial charge in [-0.05, 0) is 24.3 Å². The third-order valence-electron chi connectivity index (χ3n) is 3.31. The van der Waals surface area contributed by atoms with Crippen LogP contribution in [-0.2, 0) is 0 Å². The van der Waals surface area contributed by atoms with Crippen molar-refractivity contribution in [2.75, 3.05) is 44.2 Å². The Hall–Kier alpha value is -1.17. The molecule has 0 radical (unpaired) electrons. The molecule has 0 amide bonds. The zero-order valence-electron chi connectivity index (χ0n) is 10.4. The van der Waals surface area contributed by atoms with E-state index in [4.69, 9.17) is 23.1 Å². The van der Waals surface area contributed by atoms with Gasteiger partial charge in [-0.25, -0.2) is 0 Å². The number of hydrogen-bond acceptors (Lipinski definition) is 4. The van der Waals surface area contributed by atoms with Crippen LogP contribution in [0.5, 0.6) is 0 Å². The molecule has 5 heteroatoms. The van der Waals surface area contributed by atoms with Gasteiger partial charge in [-0.1, -0.05) is 12.2 Å². The predicted octanol–water partition coefficient (Wildman–Crippen LogP) is 0.435. The molecule has 1 heterocycles. The molecular formula is C13H19N3OS. The highest BCUT2D eigenvalue weighted by Gasteiger charge is 2.16. The molecule has 1 aromatic rings. The number of rotatable bonds is 4. The summed E-state index contributed by atoms with van der Waals surface area (Å²) in [5.74, 6) is 0. The van der Waals surface area contributed by atoms with Gasteiger partial charge in [0.1, 0.15) is 4.99 Å². The van der Waals surface area contributed by atoms with E-state index in [1.54, 1.807) is 0 Å². The van der Waals surface area contributed by atoms with Crippen molar-refractivity contribution >= 4 is 22.9 Å². The molecule has 18 heavy (non-hydrogen) atoms. The maximum atomic E-state index is 8.90. The molecule has 3 N–H and O–H groups in total. The van der Waals surface area contributed by atoms with Crippen LogP contribution in [0.3, 0.4) is 0 Å². The number of hydrogen-bond donors (Lipinski definition) is 2. The standard InChI is InChI=1S/C13H19N3OS/c14-13(18)11-1-3-12(4-2-11)16-7-5-15(6-8-16)9-10-17/h1-4,17H,5-10H2,(H2,14,18). The molecule has 0 bridgehead atoms. The van der Waals surface area contributed by atoms with Crippen molar-refractivity contribution in [1.82, 2.24) is 4.90 Å². The van der Waals surface area contributed by atoms with Crippen LogP contribution in [0, 0.1) is 0 Å². The summed E-state index contributed by atoms with van der Waals surface area (Å²) in [6.45, 7) is 4.99. The monoisotopic (exact) mass is 265 g/mol. The second-order valence-corrected chi connectivity index (χ2v) is 4.90. The van der Waals surface area contributed by atoms with Gasteiger partial charge in [-0.2, -0.15) is 0 Å². The summed E-state index contributed by atoms with van der Waals surface area (Å²) in [4.78, 5) is 5.06. The van der Waals surface area contributed by atoms with Gasteiger partial charge in [0.25, 0.3) is 0 Å². The van der Waals surface area contributed by atoms with E-state index in [2.05, 4.69) is 21.9 Å². The lowest BCUT2D eigenvalue weighted by atomic mass is 10.2. The fourth-order valence-electron chi connectivity index (χ4n) is 2.21. The quantitative estimate of drug-likeness (QED) is 0.774. The fourth-order valence-corrected chi connectivity index (χ4v) is 2.34. The summed E-state index contributed by atoms with van der Waals surface area (Å²) in [7, 11) is 0. The third-order valence-corrected chi connectivity index (χ3v) is 3.54. The molecule has 1 aliphatic rings. The number of thiocarbonyl (C=S) groups is 1. The summed E-state index contributed by atoms with van der Waals surface area (Å²) in [5.41, 5.74) is 7.70. The van der Waals surface area contributed by atoms with Crippen LogP contribution in [0.25, 0.3) is 0 Å². The van der Waals surface area contributed by atoms with Gasteiger partial charge in [-0.3, -0.25) is 4.90 Å². The number of nitrogens with two attached hydrogens (primary N) is 1. The lowest BCUT2D eigenvalue weighted by Gasteiger charge is -2.35. The SMILES string of the molecule is NC(=S)c1ccc(N2CCN(CCO)CC2)cc1. The zero-order chi connectivity index (χ0) is 13.0. The highest BCUT2D eigenvalue weighted by molar-refractivity contribution is 7.80. The lowest BCUT2D eigenvalue weighted by molar-refractivity contribution is 0.189. The minimum Gasteiger partial charge on any atom is -0.395 e. The van der Waals surface area contributed by atoms with Crippen LogP contribution in [0.1, 0.15) is 5.56 Å². The molecule has 98 valence electrons.